The van der Waals surface area contributed by atoms with Gasteiger partial charge in [-0.1, -0.05) is 30.2 Å². The number of nitrogens with one attached hydrogen (secondary N) is 1. The molecule has 0 bridgehead atoms. The molecule has 3 rings (SSSR count). The predicted molar refractivity (Wildman–Crippen MR) is 108 cm³/mol. The first-order valence-electron chi connectivity index (χ1n) is 8.97. The van der Waals surface area contributed by atoms with Crippen LogP contribution in [0.2, 0.25) is 5.02 Å². The number of halogens is 1. The van der Waals surface area contributed by atoms with Gasteiger partial charge in [0.2, 0.25) is 10.0 Å². The van der Waals surface area contributed by atoms with E-state index in [-0.39, 0.29) is 10.8 Å². The van der Waals surface area contributed by atoms with Crippen molar-refractivity contribution in [3.8, 4) is 0 Å². The van der Waals surface area contributed by atoms with Crippen LogP contribution in [0.1, 0.15) is 40.7 Å². The summed E-state index contributed by atoms with van der Waals surface area (Å²) < 4.78 is 27.5. The third kappa shape index (κ3) is 4.34. The van der Waals surface area contributed by atoms with Crippen molar-refractivity contribution in [3.05, 3.63) is 58.1 Å². The minimum absolute atomic E-state index is 0.194. The second-order valence-electron chi connectivity index (χ2n) is 6.86. The lowest BCUT2D eigenvalue weighted by Crippen LogP contribution is -2.36. The molecule has 27 heavy (non-hydrogen) atoms. The fourth-order valence-corrected chi connectivity index (χ4v) is 5.09. The molecule has 2 aromatic rings. The third-order valence-corrected chi connectivity index (χ3v) is 7.26. The first kappa shape index (κ1) is 19.9. The summed E-state index contributed by atoms with van der Waals surface area (Å²) in [6.45, 7) is 4.68. The molecule has 0 saturated carbocycles. The number of carbonyl (C=O) groups is 1. The number of sulfonamides is 1. The van der Waals surface area contributed by atoms with Gasteiger partial charge in [-0.05, 0) is 62.1 Å². The van der Waals surface area contributed by atoms with Crippen molar-refractivity contribution >= 4 is 33.2 Å². The van der Waals surface area contributed by atoms with Gasteiger partial charge in [0.1, 0.15) is 0 Å². The molecule has 144 valence electrons. The molecule has 1 N–H and O–H groups in total. The second kappa shape index (κ2) is 8.00. The van der Waals surface area contributed by atoms with Crippen molar-refractivity contribution in [1.82, 2.24) is 4.31 Å². The van der Waals surface area contributed by atoms with Gasteiger partial charge in [-0.3, -0.25) is 4.79 Å². The van der Waals surface area contributed by atoms with Crippen LogP contribution in [-0.2, 0) is 10.0 Å². The highest BCUT2D eigenvalue weighted by Gasteiger charge is 2.28. The van der Waals surface area contributed by atoms with Gasteiger partial charge in [0.25, 0.3) is 5.91 Å². The number of benzene rings is 2. The van der Waals surface area contributed by atoms with Gasteiger partial charge >= 0.3 is 0 Å². The van der Waals surface area contributed by atoms with Crippen LogP contribution in [0.15, 0.2) is 41.3 Å². The summed E-state index contributed by atoms with van der Waals surface area (Å²) in [4.78, 5) is 12.8. The molecule has 7 heteroatoms. The minimum Gasteiger partial charge on any atom is -0.322 e. The number of hydrogen-bond donors (Lipinski definition) is 1. The first-order valence-corrected chi connectivity index (χ1v) is 10.8. The zero-order valence-electron chi connectivity index (χ0n) is 15.5. The van der Waals surface area contributed by atoms with Crippen LogP contribution in [0.4, 0.5) is 5.69 Å². The fraction of sp³-hybridized carbons (Fsp3) is 0.350. The number of carbonyl (C=O) groups excluding carboxylic acids is 1. The van der Waals surface area contributed by atoms with Crippen LogP contribution in [-0.4, -0.2) is 31.7 Å². The largest absolute Gasteiger partial charge is 0.322 e. The van der Waals surface area contributed by atoms with Gasteiger partial charge in [0.15, 0.2) is 0 Å². The standard InChI is InChI=1S/C20H23ClN2O3S/c1-14-7-9-17(13-18(14)21)22-20(24)16-8-6-15(2)19(12-16)27(25,26)23-10-4-3-5-11-23/h6-9,12-13H,3-5,10-11H2,1-2H3,(H,22,24). The van der Waals surface area contributed by atoms with Crippen molar-refractivity contribution in [2.24, 2.45) is 0 Å². The first-order chi connectivity index (χ1) is 12.8. The molecule has 1 heterocycles. The molecule has 0 unspecified atom stereocenters. The van der Waals surface area contributed by atoms with Crippen LogP contribution in [0.25, 0.3) is 0 Å². The van der Waals surface area contributed by atoms with E-state index < -0.39 is 10.0 Å². The Morgan fingerprint density at radius 2 is 1.67 bits per heavy atom. The Kier molecular flexibility index (Phi) is 5.89. The molecule has 1 saturated heterocycles. The van der Waals surface area contributed by atoms with E-state index in [2.05, 4.69) is 5.32 Å². The Morgan fingerprint density at radius 3 is 2.33 bits per heavy atom. The van der Waals surface area contributed by atoms with Crippen molar-refractivity contribution < 1.29 is 13.2 Å². The highest BCUT2D eigenvalue weighted by molar-refractivity contribution is 7.89. The van der Waals surface area contributed by atoms with Crippen molar-refractivity contribution in [3.63, 3.8) is 0 Å². The van der Waals surface area contributed by atoms with E-state index >= 15 is 0 Å². The molecular weight excluding hydrogens is 384 g/mol. The zero-order valence-corrected chi connectivity index (χ0v) is 17.0. The number of amides is 1. The van der Waals surface area contributed by atoms with Crippen molar-refractivity contribution in [2.45, 2.75) is 38.0 Å². The van der Waals surface area contributed by atoms with Crippen LogP contribution in [0.3, 0.4) is 0 Å². The molecule has 1 fully saturated rings. The normalized spacial score (nSPS) is 15.5. The summed E-state index contributed by atoms with van der Waals surface area (Å²) in [7, 11) is -3.60. The summed E-state index contributed by atoms with van der Waals surface area (Å²) in [6.07, 6.45) is 2.78. The Hall–Kier alpha value is -1.89. The number of nitrogens with zero attached hydrogens (tertiary/aromatic N) is 1. The predicted octanol–water partition coefficient (Wildman–Crippen LogP) is 4.38. The Morgan fingerprint density at radius 1 is 1.00 bits per heavy atom. The van der Waals surface area contributed by atoms with E-state index in [1.165, 1.54) is 10.4 Å². The molecule has 0 atom stereocenters. The van der Waals surface area contributed by atoms with Crippen molar-refractivity contribution in [2.75, 3.05) is 18.4 Å². The number of hydrogen-bond acceptors (Lipinski definition) is 3. The maximum absolute atomic E-state index is 13.0. The molecule has 5 nitrogen and oxygen atoms in total. The van der Waals surface area contributed by atoms with Gasteiger partial charge in [0, 0.05) is 29.4 Å². The Labute approximate surface area is 165 Å². The Balaban J connectivity index is 1.88. The van der Waals surface area contributed by atoms with Crippen LogP contribution in [0, 0.1) is 13.8 Å². The van der Waals surface area contributed by atoms with Gasteiger partial charge < -0.3 is 5.32 Å². The average Bonchev–Trinajstić information content (AvgIpc) is 2.65. The lowest BCUT2D eigenvalue weighted by atomic mass is 10.1. The number of rotatable bonds is 4. The maximum Gasteiger partial charge on any atom is 0.255 e. The minimum atomic E-state index is -3.60. The summed E-state index contributed by atoms with van der Waals surface area (Å²) in [5, 5.41) is 3.33. The third-order valence-electron chi connectivity index (χ3n) is 4.81. The summed E-state index contributed by atoms with van der Waals surface area (Å²) in [5.41, 5.74) is 2.42. The van der Waals surface area contributed by atoms with Crippen LogP contribution in [0.5, 0.6) is 0 Å². The molecular formula is C20H23ClN2O3S. The molecule has 2 aromatic carbocycles. The molecule has 0 spiro atoms. The molecule has 0 radical (unpaired) electrons. The van der Waals surface area contributed by atoms with Gasteiger partial charge in [-0.25, -0.2) is 8.42 Å². The van der Waals surface area contributed by atoms with Crippen LogP contribution >= 0.6 is 11.6 Å². The van der Waals surface area contributed by atoms with Gasteiger partial charge in [-0.15, -0.1) is 0 Å². The highest BCUT2D eigenvalue weighted by Crippen LogP contribution is 2.25. The number of piperidine rings is 1. The molecule has 1 amide bonds. The van der Waals surface area contributed by atoms with E-state index in [1.807, 2.05) is 13.0 Å². The monoisotopic (exact) mass is 406 g/mol. The summed E-state index contributed by atoms with van der Waals surface area (Å²) >= 11 is 6.10. The maximum atomic E-state index is 13.0. The van der Waals surface area contributed by atoms with E-state index in [0.29, 0.717) is 34.9 Å². The smallest absolute Gasteiger partial charge is 0.255 e. The van der Waals surface area contributed by atoms with E-state index in [0.717, 1.165) is 24.8 Å². The fourth-order valence-electron chi connectivity index (χ4n) is 3.14. The highest BCUT2D eigenvalue weighted by atomic mass is 35.5. The van der Waals surface area contributed by atoms with E-state index in [9.17, 15) is 13.2 Å². The van der Waals surface area contributed by atoms with Crippen LogP contribution < -0.4 is 5.32 Å². The van der Waals surface area contributed by atoms with Crippen molar-refractivity contribution in [1.29, 1.82) is 0 Å². The number of aryl methyl sites for hydroxylation is 2. The van der Waals surface area contributed by atoms with Gasteiger partial charge in [-0.2, -0.15) is 4.31 Å². The lowest BCUT2D eigenvalue weighted by molar-refractivity contribution is 0.102. The SMILES string of the molecule is Cc1ccc(NC(=O)c2ccc(C)c(S(=O)(=O)N3CCCCC3)c2)cc1Cl. The van der Waals surface area contributed by atoms with Gasteiger partial charge in [0.05, 0.1) is 4.90 Å². The Bertz CT molecular complexity index is 967. The molecule has 0 aromatic heterocycles. The molecule has 0 aliphatic carbocycles. The zero-order chi connectivity index (χ0) is 19.6. The average molecular weight is 407 g/mol. The van der Waals surface area contributed by atoms with E-state index in [4.69, 9.17) is 11.6 Å². The topological polar surface area (TPSA) is 66.5 Å². The lowest BCUT2D eigenvalue weighted by Gasteiger charge is -2.26. The second-order valence-corrected chi connectivity index (χ2v) is 9.18. The molecule has 1 aliphatic heterocycles. The summed E-state index contributed by atoms with van der Waals surface area (Å²) in [5.74, 6) is -0.370. The molecule has 1 aliphatic rings. The number of anilines is 1. The van der Waals surface area contributed by atoms with E-state index in [1.54, 1.807) is 31.2 Å². The summed E-state index contributed by atoms with van der Waals surface area (Å²) in [6, 6.07) is 10.0. The quantitative estimate of drug-likeness (QED) is 0.819.